The first-order chi connectivity index (χ1) is 6.74. The zero-order valence-corrected chi connectivity index (χ0v) is 10.2. The second kappa shape index (κ2) is 5.75. The lowest BCUT2D eigenvalue weighted by Gasteiger charge is -2.34. The Kier molecular flexibility index (Phi) is 5.67. The predicted octanol–water partition coefficient (Wildman–Crippen LogP) is 2.37. The molecule has 1 N–H and O–H groups in total. The number of aliphatic hydroxyl groups excluding tert-OH is 1. The van der Waals surface area contributed by atoms with Crippen molar-refractivity contribution in [2.45, 2.75) is 40.0 Å². The van der Waals surface area contributed by atoms with E-state index in [1.807, 2.05) is 6.92 Å². The lowest BCUT2D eigenvalue weighted by Crippen LogP contribution is -2.46. The first-order valence-electron chi connectivity index (χ1n) is 5.45. The topological polar surface area (TPSA) is 23.5 Å². The van der Waals surface area contributed by atoms with Gasteiger partial charge in [-0.25, -0.2) is 8.78 Å². The third-order valence-corrected chi connectivity index (χ3v) is 2.48. The van der Waals surface area contributed by atoms with Crippen LogP contribution in [0.1, 0.15) is 34.1 Å². The number of halogens is 2. The Bertz CT molecular complexity index is 172. The van der Waals surface area contributed by atoms with Gasteiger partial charge in [0.2, 0.25) is 0 Å². The van der Waals surface area contributed by atoms with Crippen molar-refractivity contribution in [3.63, 3.8) is 0 Å². The molecule has 4 heteroatoms. The summed E-state index contributed by atoms with van der Waals surface area (Å²) in [6.45, 7) is 7.14. The van der Waals surface area contributed by atoms with Crippen LogP contribution in [0.4, 0.5) is 8.78 Å². The largest absolute Gasteiger partial charge is 0.395 e. The molecule has 0 saturated heterocycles. The van der Waals surface area contributed by atoms with Crippen LogP contribution in [0.2, 0.25) is 0 Å². The average molecular weight is 223 g/mol. The number of aliphatic hydroxyl groups is 1. The standard InChI is InChI=1S/C11H23F2NO/c1-5-6-14(7-8-15)9-11(12,13)10(2,3)4/h15H,5-9H2,1-4H3. The van der Waals surface area contributed by atoms with Crippen molar-refractivity contribution in [1.82, 2.24) is 4.90 Å². The van der Waals surface area contributed by atoms with Crippen LogP contribution >= 0.6 is 0 Å². The Morgan fingerprint density at radius 3 is 2.00 bits per heavy atom. The highest BCUT2D eigenvalue weighted by Gasteiger charge is 2.43. The molecule has 0 radical (unpaired) electrons. The van der Waals surface area contributed by atoms with Crippen LogP contribution in [-0.4, -0.2) is 42.2 Å². The molecule has 92 valence electrons. The van der Waals surface area contributed by atoms with Gasteiger partial charge in [-0.05, 0) is 13.0 Å². The second-order valence-electron chi connectivity index (χ2n) is 4.95. The van der Waals surface area contributed by atoms with Gasteiger partial charge < -0.3 is 5.11 Å². The molecule has 0 spiro atoms. The molecule has 0 aromatic carbocycles. The summed E-state index contributed by atoms with van der Waals surface area (Å²) in [5, 5.41) is 8.78. The molecule has 2 nitrogen and oxygen atoms in total. The minimum absolute atomic E-state index is 0.0692. The Hall–Kier alpha value is -0.220. The van der Waals surface area contributed by atoms with E-state index in [1.165, 1.54) is 20.8 Å². The summed E-state index contributed by atoms with van der Waals surface area (Å²) in [5.41, 5.74) is -1.03. The van der Waals surface area contributed by atoms with E-state index in [4.69, 9.17) is 5.11 Å². The van der Waals surface area contributed by atoms with Gasteiger partial charge in [-0.1, -0.05) is 27.7 Å². The maximum absolute atomic E-state index is 13.7. The van der Waals surface area contributed by atoms with Crippen molar-refractivity contribution >= 4 is 0 Å². The molecule has 0 aromatic rings. The Labute approximate surface area is 91.3 Å². The number of nitrogens with zero attached hydrogens (tertiary/aromatic N) is 1. The van der Waals surface area contributed by atoms with Gasteiger partial charge in [0.15, 0.2) is 0 Å². The van der Waals surface area contributed by atoms with Gasteiger partial charge in [0.1, 0.15) is 0 Å². The second-order valence-corrected chi connectivity index (χ2v) is 4.95. The minimum Gasteiger partial charge on any atom is -0.395 e. The number of rotatable bonds is 6. The molecule has 0 heterocycles. The van der Waals surface area contributed by atoms with Crippen molar-refractivity contribution in [3.05, 3.63) is 0 Å². The summed E-state index contributed by atoms with van der Waals surface area (Å²) >= 11 is 0. The van der Waals surface area contributed by atoms with Gasteiger partial charge in [-0.2, -0.15) is 0 Å². The van der Waals surface area contributed by atoms with E-state index >= 15 is 0 Å². The zero-order chi connectivity index (χ0) is 12.1. The molecule has 0 fully saturated rings. The Morgan fingerprint density at radius 1 is 1.13 bits per heavy atom. The lowest BCUT2D eigenvalue weighted by molar-refractivity contribution is -0.117. The Balaban J connectivity index is 4.37. The van der Waals surface area contributed by atoms with Crippen LogP contribution in [0, 0.1) is 5.41 Å². The minimum atomic E-state index is -2.72. The predicted molar refractivity (Wildman–Crippen MR) is 58.2 cm³/mol. The van der Waals surface area contributed by atoms with Crippen LogP contribution in [0.15, 0.2) is 0 Å². The molecule has 0 aliphatic carbocycles. The van der Waals surface area contributed by atoms with Crippen LogP contribution in [0.25, 0.3) is 0 Å². The number of alkyl halides is 2. The molecule has 0 amide bonds. The molecule has 15 heavy (non-hydrogen) atoms. The van der Waals surface area contributed by atoms with Gasteiger partial charge in [-0.15, -0.1) is 0 Å². The quantitative estimate of drug-likeness (QED) is 0.747. The van der Waals surface area contributed by atoms with Gasteiger partial charge >= 0.3 is 0 Å². The van der Waals surface area contributed by atoms with Crippen molar-refractivity contribution < 1.29 is 13.9 Å². The summed E-state index contributed by atoms with van der Waals surface area (Å²) in [6, 6.07) is 0. The van der Waals surface area contributed by atoms with Crippen LogP contribution < -0.4 is 0 Å². The lowest BCUT2D eigenvalue weighted by atomic mass is 9.87. The maximum atomic E-state index is 13.7. The van der Waals surface area contributed by atoms with Crippen LogP contribution in [0.3, 0.4) is 0 Å². The molecule has 0 rings (SSSR count). The van der Waals surface area contributed by atoms with E-state index in [0.717, 1.165) is 6.42 Å². The number of hydrogen-bond donors (Lipinski definition) is 1. The van der Waals surface area contributed by atoms with Gasteiger partial charge in [0.05, 0.1) is 13.2 Å². The van der Waals surface area contributed by atoms with Crippen molar-refractivity contribution in [1.29, 1.82) is 0 Å². The highest BCUT2D eigenvalue weighted by molar-refractivity contribution is 4.84. The first kappa shape index (κ1) is 14.8. The molecule has 0 aliphatic heterocycles. The zero-order valence-electron chi connectivity index (χ0n) is 10.2. The molecular formula is C11H23F2NO. The normalized spacial score (nSPS) is 13.6. The Morgan fingerprint density at radius 2 is 1.67 bits per heavy atom. The highest BCUT2D eigenvalue weighted by Crippen LogP contribution is 2.36. The fourth-order valence-electron chi connectivity index (χ4n) is 1.25. The third kappa shape index (κ3) is 4.89. The van der Waals surface area contributed by atoms with E-state index < -0.39 is 11.3 Å². The van der Waals surface area contributed by atoms with Crippen molar-refractivity contribution in [2.24, 2.45) is 5.41 Å². The number of hydrogen-bond acceptors (Lipinski definition) is 2. The van der Waals surface area contributed by atoms with E-state index in [0.29, 0.717) is 13.1 Å². The summed E-state index contributed by atoms with van der Waals surface area (Å²) in [4.78, 5) is 1.62. The van der Waals surface area contributed by atoms with Crippen LogP contribution in [0.5, 0.6) is 0 Å². The van der Waals surface area contributed by atoms with Crippen molar-refractivity contribution in [3.8, 4) is 0 Å². The SMILES string of the molecule is CCCN(CCO)CC(F)(F)C(C)(C)C. The van der Waals surface area contributed by atoms with Gasteiger partial charge in [0.25, 0.3) is 5.92 Å². The summed E-state index contributed by atoms with van der Waals surface area (Å²) in [6.07, 6.45) is 0.820. The maximum Gasteiger partial charge on any atom is 0.265 e. The van der Waals surface area contributed by atoms with E-state index in [2.05, 4.69) is 0 Å². The first-order valence-corrected chi connectivity index (χ1v) is 5.45. The van der Waals surface area contributed by atoms with Crippen LogP contribution in [-0.2, 0) is 0 Å². The molecule has 0 aliphatic rings. The monoisotopic (exact) mass is 223 g/mol. The average Bonchev–Trinajstić information content (AvgIpc) is 2.02. The summed E-state index contributed by atoms with van der Waals surface area (Å²) < 4.78 is 27.4. The fraction of sp³-hybridized carbons (Fsp3) is 1.00. The molecule has 0 aromatic heterocycles. The summed E-state index contributed by atoms with van der Waals surface area (Å²) in [5.74, 6) is -2.72. The molecule has 0 unspecified atom stereocenters. The molecular weight excluding hydrogens is 200 g/mol. The van der Waals surface area contributed by atoms with Gasteiger partial charge in [0, 0.05) is 12.0 Å². The highest BCUT2D eigenvalue weighted by atomic mass is 19.3. The van der Waals surface area contributed by atoms with Gasteiger partial charge in [-0.3, -0.25) is 4.90 Å². The van der Waals surface area contributed by atoms with Crippen molar-refractivity contribution in [2.75, 3.05) is 26.2 Å². The van der Waals surface area contributed by atoms with E-state index in [1.54, 1.807) is 4.90 Å². The molecule has 0 saturated carbocycles. The fourth-order valence-corrected chi connectivity index (χ4v) is 1.25. The third-order valence-electron chi connectivity index (χ3n) is 2.48. The van der Waals surface area contributed by atoms with E-state index in [-0.39, 0.29) is 13.2 Å². The molecule has 0 bridgehead atoms. The summed E-state index contributed by atoms with van der Waals surface area (Å²) in [7, 11) is 0. The smallest absolute Gasteiger partial charge is 0.265 e. The molecule has 0 atom stereocenters. The van der Waals surface area contributed by atoms with E-state index in [9.17, 15) is 8.78 Å².